The molecule has 7 nitrogen and oxygen atoms in total. The molecule has 1 heterocycles. The van der Waals surface area contributed by atoms with Gasteiger partial charge in [0.25, 0.3) is 11.6 Å². The number of nitro groups is 1. The Morgan fingerprint density at radius 2 is 2.00 bits per heavy atom. The maximum atomic E-state index is 12.6. The highest BCUT2D eigenvalue weighted by Gasteiger charge is 2.32. The molecule has 1 fully saturated rings. The Kier molecular flexibility index (Phi) is 5.04. The molecule has 2 aromatic carbocycles. The number of carbonyl (C=O) groups excluding carboxylic acids is 1. The highest BCUT2D eigenvalue weighted by atomic mass is 32.2. The Labute approximate surface area is 153 Å². The summed E-state index contributed by atoms with van der Waals surface area (Å²) in [5.41, 5.74) is 1.25. The lowest BCUT2D eigenvalue weighted by Crippen LogP contribution is -2.28. The molecule has 0 bridgehead atoms. The van der Waals surface area contributed by atoms with E-state index >= 15 is 0 Å². The molecule has 0 spiro atoms. The van der Waals surface area contributed by atoms with Crippen molar-refractivity contribution in [3.63, 3.8) is 0 Å². The number of nitro benzene ring substituents is 1. The van der Waals surface area contributed by atoms with Gasteiger partial charge in [-0.25, -0.2) is 4.99 Å². The summed E-state index contributed by atoms with van der Waals surface area (Å²) in [4.78, 5) is 29.3. The molecule has 1 saturated heterocycles. The minimum absolute atomic E-state index is 0.00104. The fraction of sp³-hybridized carbons (Fsp3) is 0.111. The third-order valence-corrected chi connectivity index (χ3v) is 4.67. The van der Waals surface area contributed by atoms with Crippen molar-refractivity contribution in [3.05, 3.63) is 69.1 Å². The first-order valence-corrected chi connectivity index (χ1v) is 8.63. The first-order chi connectivity index (χ1) is 12.5. The van der Waals surface area contributed by atoms with E-state index in [1.165, 1.54) is 30.0 Å². The third kappa shape index (κ3) is 3.75. The summed E-state index contributed by atoms with van der Waals surface area (Å²) < 4.78 is 0. The third-order valence-electron chi connectivity index (χ3n) is 3.66. The van der Waals surface area contributed by atoms with E-state index in [1.54, 1.807) is 41.3 Å². The highest BCUT2D eigenvalue weighted by molar-refractivity contribution is 8.18. The molecule has 0 aliphatic carbocycles. The topological polar surface area (TPSA) is 96.0 Å². The number of rotatable bonds is 4. The number of hydrogen-bond donors (Lipinski definition) is 1. The second-order valence-corrected chi connectivity index (χ2v) is 6.43. The van der Waals surface area contributed by atoms with Crippen molar-refractivity contribution in [1.29, 1.82) is 0 Å². The van der Waals surface area contributed by atoms with Gasteiger partial charge in [0.1, 0.15) is 5.75 Å². The molecule has 132 valence electrons. The van der Waals surface area contributed by atoms with Crippen LogP contribution in [-0.2, 0) is 4.79 Å². The maximum absolute atomic E-state index is 12.6. The average Bonchev–Trinajstić information content (AvgIpc) is 2.90. The quantitative estimate of drug-likeness (QED) is 0.500. The fourth-order valence-corrected chi connectivity index (χ4v) is 3.45. The molecule has 1 aliphatic rings. The number of phenols is 1. The number of carbonyl (C=O) groups is 1. The van der Waals surface area contributed by atoms with Crippen LogP contribution in [0.1, 0.15) is 12.5 Å². The van der Waals surface area contributed by atoms with Crippen LogP contribution < -0.4 is 0 Å². The number of nitrogens with zero attached hydrogens (tertiary/aromatic N) is 3. The van der Waals surface area contributed by atoms with Crippen LogP contribution in [0.5, 0.6) is 5.75 Å². The molecule has 0 aromatic heterocycles. The molecular weight excluding hydrogens is 354 g/mol. The molecule has 1 aliphatic heterocycles. The van der Waals surface area contributed by atoms with Crippen molar-refractivity contribution >= 4 is 40.3 Å². The van der Waals surface area contributed by atoms with E-state index in [4.69, 9.17) is 0 Å². The zero-order chi connectivity index (χ0) is 18.7. The first kappa shape index (κ1) is 17.7. The summed E-state index contributed by atoms with van der Waals surface area (Å²) in [6.07, 6.45) is 1.68. The van der Waals surface area contributed by atoms with Crippen molar-refractivity contribution in [2.45, 2.75) is 6.92 Å². The number of non-ortho nitro benzene ring substituents is 1. The molecule has 0 unspecified atom stereocenters. The zero-order valence-corrected chi connectivity index (χ0v) is 14.6. The normalized spacial score (nSPS) is 17.3. The Balaban J connectivity index is 1.90. The number of amidine groups is 1. The van der Waals surface area contributed by atoms with Crippen molar-refractivity contribution in [3.8, 4) is 5.75 Å². The summed E-state index contributed by atoms with van der Waals surface area (Å²) in [5, 5.41) is 20.8. The van der Waals surface area contributed by atoms with Gasteiger partial charge in [-0.05, 0) is 54.6 Å². The number of likely N-dealkylation sites (N-methyl/N-ethyl adjacent to an activating group) is 1. The molecule has 26 heavy (non-hydrogen) atoms. The molecule has 1 N–H and O–H groups in total. The van der Waals surface area contributed by atoms with Gasteiger partial charge < -0.3 is 5.11 Å². The molecule has 0 saturated carbocycles. The highest BCUT2D eigenvalue weighted by Crippen LogP contribution is 2.34. The van der Waals surface area contributed by atoms with Gasteiger partial charge in [0.2, 0.25) is 0 Å². The van der Waals surface area contributed by atoms with E-state index < -0.39 is 4.92 Å². The predicted octanol–water partition coefficient (Wildman–Crippen LogP) is 3.92. The number of aliphatic imine (C=N–C) groups is 1. The number of phenolic OH excluding ortho intramolecular Hbond substituents is 1. The van der Waals surface area contributed by atoms with Gasteiger partial charge in [-0.2, -0.15) is 0 Å². The van der Waals surface area contributed by atoms with Crippen molar-refractivity contribution < 1.29 is 14.8 Å². The predicted molar refractivity (Wildman–Crippen MR) is 101 cm³/mol. The largest absolute Gasteiger partial charge is 0.508 e. The van der Waals surface area contributed by atoms with Gasteiger partial charge in [-0.3, -0.25) is 19.8 Å². The van der Waals surface area contributed by atoms with Crippen LogP contribution in [0.3, 0.4) is 0 Å². The van der Waals surface area contributed by atoms with Crippen molar-refractivity contribution in [2.24, 2.45) is 4.99 Å². The lowest BCUT2D eigenvalue weighted by atomic mass is 10.2. The van der Waals surface area contributed by atoms with Crippen LogP contribution in [0.4, 0.5) is 11.4 Å². The standard InChI is InChI=1S/C18H15N3O4S/c1-2-20-17(23)16(10-12-6-8-14(9-7-12)21(24)25)26-18(20)19-13-4-3-5-15(22)11-13/h3-11,22H,2H2,1H3/b16-10-,19-18?. The summed E-state index contributed by atoms with van der Waals surface area (Å²) >= 11 is 1.23. The fourth-order valence-electron chi connectivity index (χ4n) is 2.39. The summed E-state index contributed by atoms with van der Waals surface area (Å²) in [6, 6.07) is 12.5. The second-order valence-electron chi connectivity index (χ2n) is 5.42. The molecule has 8 heteroatoms. The SMILES string of the molecule is CCN1C(=O)/C(=C/c2ccc([N+](=O)[O-])cc2)SC1=Nc1cccc(O)c1. The molecule has 0 radical (unpaired) electrons. The van der Waals surface area contributed by atoms with Crippen molar-refractivity contribution in [2.75, 3.05) is 6.54 Å². The Morgan fingerprint density at radius 1 is 1.27 bits per heavy atom. The summed E-state index contributed by atoms with van der Waals surface area (Å²) in [6.45, 7) is 2.31. The number of hydrogen-bond acceptors (Lipinski definition) is 6. The second kappa shape index (κ2) is 7.40. The van der Waals surface area contributed by atoms with Gasteiger partial charge in [-0.15, -0.1) is 0 Å². The van der Waals surface area contributed by atoms with Crippen LogP contribution in [0, 0.1) is 10.1 Å². The lowest BCUT2D eigenvalue weighted by Gasteiger charge is -2.11. The van der Waals surface area contributed by atoms with Gasteiger partial charge in [0.15, 0.2) is 5.17 Å². The van der Waals surface area contributed by atoms with Crippen LogP contribution in [-0.4, -0.2) is 32.5 Å². The monoisotopic (exact) mass is 369 g/mol. The van der Waals surface area contributed by atoms with Crippen molar-refractivity contribution in [1.82, 2.24) is 4.90 Å². The minimum Gasteiger partial charge on any atom is -0.508 e. The van der Waals surface area contributed by atoms with E-state index in [0.29, 0.717) is 27.9 Å². The maximum Gasteiger partial charge on any atom is 0.269 e. The Bertz CT molecular complexity index is 922. The van der Waals surface area contributed by atoms with E-state index in [1.807, 2.05) is 6.92 Å². The van der Waals surface area contributed by atoms with Crippen LogP contribution in [0.2, 0.25) is 0 Å². The Morgan fingerprint density at radius 3 is 2.62 bits per heavy atom. The van der Waals surface area contributed by atoms with Crippen LogP contribution >= 0.6 is 11.8 Å². The first-order valence-electron chi connectivity index (χ1n) is 7.81. The average molecular weight is 369 g/mol. The summed E-state index contributed by atoms with van der Waals surface area (Å²) in [5.74, 6) is -0.0689. The van der Waals surface area contributed by atoms with E-state index in [0.717, 1.165) is 0 Å². The van der Waals surface area contributed by atoms with Gasteiger partial charge in [0.05, 0.1) is 15.5 Å². The molecule has 0 atom stereocenters. The van der Waals surface area contributed by atoms with Crippen LogP contribution in [0.25, 0.3) is 6.08 Å². The Hall–Kier alpha value is -3.13. The van der Waals surface area contributed by atoms with Gasteiger partial charge in [0, 0.05) is 24.7 Å². The number of amides is 1. The van der Waals surface area contributed by atoms with E-state index in [-0.39, 0.29) is 17.3 Å². The number of aromatic hydroxyl groups is 1. The number of thioether (sulfide) groups is 1. The lowest BCUT2D eigenvalue weighted by molar-refractivity contribution is -0.384. The van der Waals surface area contributed by atoms with E-state index in [2.05, 4.69) is 4.99 Å². The molecule has 3 rings (SSSR count). The summed E-state index contributed by atoms with van der Waals surface area (Å²) in [7, 11) is 0. The zero-order valence-electron chi connectivity index (χ0n) is 13.8. The van der Waals surface area contributed by atoms with Crippen LogP contribution in [0.15, 0.2) is 58.4 Å². The number of benzene rings is 2. The molecular formula is C18H15N3O4S. The van der Waals surface area contributed by atoms with Gasteiger partial charge >= 0.3 is 0 Å². The molecule has 2 aromatic rings. The molecule has 1 amide bonds. The minimum atomic E-state index is -0.467. The smallest absolute Gasteiger partial charge is 0.269 e. The van der Waals surface area contributed by atoms with Gasteiger partial charge in [-0.1, -0.05) is 6.07 Å². The van der Waals surface area contributed by atoms with E-state index in [9.17, 15) is 20.0 Å².